The molecule has 2 aromatic carbocycles. The Bertz CT molecular complexity index is 1080. The highest BCUT2D eigenvalue weighted by Gasteiger charge is 2.30. The van der Waals surface area contributed by atoms with E-state index in [9.17, 15) is 18.0 Å². The molecule has 0 saturated carbocycles. The molecular weight excluding hydrogens is 449 g/mol. The molecule has 31 heavy (non-hydrogen) atoms. The maximum atomic E-state index is 12.9. The van der Waals surface area contributed by atoms with E-state index in [0.717, 1.165) is 29.5 Å². The molecule has 1 unspecified atom stereocenters. The van der Waals surface area contributed by atoms with Gasteiger partial charge in [-0.3, -0.25) is 9.36 Å². The summed E-state index contributed by atoms with van der Waals surface area (Å²) in [4.78, 5) is 12.6. The molecule has 0 radical (unpaired) electrons. The number of benzene rings is 2. The molecule has 0 fully saturated rings. The summed E-state index contributed by atoms with van der Waals surface area (Å²) < 4.78 is 40.4. The van der Waals surface area contributed by atoms with Crippen LogP contribution in [0.15, 0.2) is 66.3 Å². The van der Waals surface area contributed by atoms with Gasteiger partial charge in [-0.25, -0.2) is 0 Å². The van der Waals surface area contributed by atoms with Gasteiger partial charge in [0, 0.05) is 22.8 Å². The Morgan fingerprint density at radius 2 is 1.97 bits per heavy atom. The Labute approximate surface area is 186 Å². The van der Waals surface area contributed by atoms with Crippen LogP contribution in [0, 0.1) is 0 Å². The summed E-state index contributed by atoms with van der Waals surface area (Å²) in [5.74, 6) is 0.134. The summed E-state index contributed by atoms with van der Waals surface area (Å²) in [6, 6.07) is 11.6. The summed E-state index contributed by atoms with van der Waals surface area (Å²) >= 11 is 7.09. The van der Waals surface area contributed by atoms with Gasteiger partial charge in [0.2, 0.25) is 5.91 Å². The lowest BCUT2D eigenvalue weighted by Crippen LogP contribution is -2.23. The average Bonchev–Trinajstić information content (AvgIpc) is 3.10. The quantitative estimate of drug-likeness (QED) is 0.346. The molecule has 0 aliphatic heterocycles. The number of halogens is 4. The summed E-state index contributed by atoms with van der Waals surface area (Å²) in [5.41, 5.74) is 0.0392. The van der Waals surface area contributed by atoms with E-state index < -0.39 is 22.9 Å². The van der Waals surface area contributed by atoms with Crippen LogP contribution in [0.1, 0.15) is 12.5 Å². The third-order valence-electron chi connectivity index (χ3n) is 4.24. The number of hydrogen-bond donors (Lipinski definition) is 1. The zero-order chi connectivity index (χ0) is 22.6. The third-order valence-corrected chi connectivity index (χ3v) is 5.57. The predicted octanol–water partition coefficient (Wildman–Crippen LogP) is 5.92. The lowest BCUT2D eigenvalue weighted by molar-refractivity contribution is -0.137. The van der Waals surface area contributed by atoms with E-state index in [2.05, 4.69) is 22.1 Å². The van der Waals surface area contributed by atoms with Crippen molar-refractivity contribution in [2.75, 3.05) is 5.32 Å². The number of allylic oxidation sites excluding steroid dienone is 1. The number of alkyl halides is 3. The Balaban J connectivity index is 1.77. The number of thioether (sulfide) groups is 1. The van der Waals surface area contributed by atoms with Crippen LogP contribution in [-0.4, -0.2) is 25.9 Å². The maximum absolute atomic E-state index is 12.9. The highest BCUT2D eigenvalue weighted by Crippen LogP contribution is 2.31. The second-order valence-corrected chi connectivity index (χ2v) is 8.28. The molecule has 1 aromatic heterocycles. The van der Waals surface area contributed by atoms with Crippen molar-refractivity contribution in [3.8, 4) is 11.4 Å². The normalized spacial score (nSPS) is 12.4. The van der Waals surface area contributed by atoms with E-state index in [4.69, 9.17) is 11.6 Å². The first-order valence-corrected chi connectivity index (χ1v) is 10.4. The van der Waals surface area contributed by atoms with Crippen LogP contribution in [-0.2, 0) is 17.5 Å². The number of carbonyl (C=O) groups excluding carboxylic acids is 1. The van der Waals surface area contributed by atoms with Gasteiger partial charge in [-0.2, -0.15) is 13.2 Å². The fourth-order valence-electron chi connectivity index (χ4n) is 2.71. The zero-order valence-corrected chi connectivity index (χ0v) is 17.9. The zero-order valence-electron chi connectivity index (χ0n) is 16.4. The lowest BCUT2D eigenvalue weighted by Gasteiger charge is -2.14. The van der Waals surface area contributed by atoms with Crippen LogP contribution in [0.2, 0.25) is 5.02 Å². The van der Waals surface area contributed by atoms with Crippen molar-refractivity contribution in [2.45, 2.75) is 30.1 Å². The number of hydrogen-bond acceptors (Lipinski definition) is 4. The molecule has 1 heterocycles. The fraction of sp³-hybridized carbons (Fsp3) is 0.190. The van der Waals surface area contributed by atoms with E-state index >= 15 is 0 Å². The molecule has 0 aliphatic rings. The molecule has 0 bridgehead atoms. The molecule has 3 aromatic rings. The first-order chi connectivity index (χ1) is 14.7. The first kappa shape index (κ1) is 22.9. The fourth-order valence-corrected chi connectivity index (χ4v) is 3.70. The van der Waals surface area contributed by atoms with Gasteiger partial charge in [0.05, 0.1) is 10.8 Å². The van der Waals surface area contributed by atoms with E-state index in [1.165, 1.54) is 12.1 Å². The van der Waals surface area contributed by atoms with Crippen LogP contribution in [0.5, 0.6) is 0 Å². The standard InChI is InChI=1S/C21H18ClF3N4OS/c1-3-11-29-18(14-7-9-16(22)10-8-14)27-28-20(29)31-13(2)19(30)26-17-6-4-5-15(12-17)21(23,24)25/h3-10,12-13H,1,11H2,2H3,(H,26,30). The van der Waals surface area contributed by atoms with Crippen molar-refractivity contribution >= 4 is 35.0 Å². The molecule has 1 atom stereocenters. The molecule has 162 valence electrons. The van der Waals surface area contributed by atoms with Gasteiger partial charge in [0.25, 0.3) is 0 Å². The number of anilines is 1. The molecule has 5 nitrogen and oxygen atoms in total. The van der Waals surface area contributed by atoms with Crippen LogP contribution in [0.3, 0.4) is 0 Å². The number of aromatic nitrogens is 3. The molecule has 0 spiro atoms. The van der Waals surface area contributed by atoms with E-state index in [1.807, 2.05) is 12.1 Å². The number of nitrogens with zero attached hydrogens (tertiary/aromatic N) is 3. The van der Waals surface area contributed by atoms with Gasteiger partial charge in [0.15, 0.2) is 11.0 Å². The van der Waals surface area contributed by atoms with Crippen LogP contribution >= 0.6 is 23.4 Å². The van der Waals surface area contributed by atoms with Gasteiger partial charge in [-0.05, 0) is 49.4 Å². The SMILES string of the molecule is C=CCn1c(SC(C)C(=O)Nc2cccc(C(F)(F)F)c2)nnc1-c1ccc(Cl)cc1. The molecule has 1 N–H and O–H groups in total. The minimum Gasteiger partial charge on any atom is -0.325 e. The van der Waals surface area contributed by atoms with Crippen molar-refractivity contribution in [3.63, 3.8) is 0 Å². The van der Waals surface area contributed by atoms with Gasteiger partial charge in [-0.1, -0.05) is 35.5 Å². The first-order valence-electron chi connectivity index (χ1n) is 9.14. The topological polar surface area (TPSA) is 59.8 Å². The maximum Gasteiger partial charge on any atom is 0.416 e. The summed E-state index contributed by atoms with van der Waals surface area (Å²) in [6.07, 6.45) is -2.81. The summed E-state index contributed by atoms with van der Waals surface area (Å²) in [6.45, 7) is 5.80. The van der Waals surface area contributed by atoms with Crippen molar-refractivity contribution in [1.82, 2.24) is 14.8 Å². The molecular formula is C21H18ClF3N4OS. The van der Waals surface area contributed by atoms with Crippen LogP contribution < -0.4 is 5.32 Å². The smallest absolute Gasteiger partial charge is 0.325 e. The summed E-state index contributed by atoms with van der Waals surface area (Å²) in [5, 5.41) is 11.3. The van der Waals surface area contributed by atoms with Crippen LogP contribution in [0.4, 0.5) is 18.9 Å². The Kier molecular flexibility index (Phi) is 7.07. The average molecular weight is 467 g/mol. The minimum atomic E-state index is -4.49. The number of rotatable bonds is 7. The van der Waals surface area contributed by atoms with E-state index in [-0.39, 0.29) is 5.69 Å². The predicted molar refractivity (Wildman–Crippen MR) is 116 cm³/mol. The second kappa shape index (κ2) is 9.57. The molecule has 10 heteroatoms. The van der Waals surface area contributed by atoms with Crippen LogP contribution in [0.25, 0.3) is 11.4 Å². The van der Waals surface area contributed by atoms with Gasteiger partial charge in [-0.15, -0.1) is 16.8 Å². The largest absolute Gasteiger partial charge is 0.416 e. The Morgan fingerprint density at radius 3 is 2.61 bits per heavy atom. The van der Waals surface area contributed by atoms with Crippen molar-refractivity contribution in [1.29, 1.82) is 0 Å². The number of amides is 1. The molecule has 0 saturated heterocycles. The number of carbonyl (C=O) groups is 1. The molecule has 3 rings (SSSR count). The van der Waals surface area contributed by atoms with Gasteiger partial charge >= 0.3 is 6.18 Å². The summed E-state index contributed by atoms with van der Waals surface area (Å²) in [7, 11) is 0. The van der Waals surface area contributed by atoms with E-state index in [0.29, 0.717) is 22.5 Å². The third kappa shape index (κ3) is 5.68. The highest BCUT2D eigenvalue weighted by molar-refractivity contribution is 8.00. The Morgan fingerprint density at radius 1 is 1.26 bits per heavy atom. The second-order valence-electron chi connectivity index (χ2n) is 6.54. The Hall–Kier alpha value is -2.78. The van der Waals surface area contributed by atoms with Crippen molar-refractivity contribution in [2.24, 2.45) is 0 Å². The lowest BCUT2D eigenvalue weighted by atomic mass is 10.2. The van der Waals surface area contributed by atoms with Crippen molar-refractivity contribution < 1.29 is 18.0 Å². The molecule has 1 amide bonds. The van der Waals surface area contributed by atoms with E-state index in [1.54, 1.807) is 29.7 Å². The number of nitrogens with one attached hydrogen (secondary N) is 1. The van der Waals surface area contributed by atoms with Crippen molar-refractivity contribution in [3.05, 3.63) is 71.8 Å². The molecule has 0 aliphatic carbocycles. The van der Waals surface area contributed by atoms with Gasteiger partial charge < -0.3 is 5.32 Å². The van der Waals surface area contributed by atoms with Gasteiger partial charge in [0.1, 0.15) is 0 Å². The highest BCUT2D eigenvalue weighted by atomic mass is 35.5. The monoisotopic (exact) mass is 466 g/mol. The minimum absolute atomic E-state index is 0.0710.